The van der Waals surface area contributed by atoms with Crippen molar-refractivity contribution in [2.45, 2.75) is 44.3 Å². The lowest BCUT2D eigenvalue weighted by Crippen LogP contribution is -2.39. The van der Waals surface area contributed by atoms with Crippen LogP contribution in [0.1, 0.15) is 42.7 Å². The molecule has 24 heavy (non-hydrogen) atoms. The largest absolute Gasteiger partial charge is 0.508 e. The molecule has 1 unspecified atom stereocenters. The van der Waals surface area contributed by atoms with E-state index >= 15 is 0 Å². The molecule has 128 valence electrons. The van der Waals surface area contributed by atoms with Crippen molar-refractivity contribution in [3.8, 4) is 11.5 Å². The number of phenols is 1. The van der Waals surface area contributed by atoms with Crippen LogP contribution in [-0.2, 0) is 11.3 Å². The van der Waals surface area contributed by atoms with Crippen LogP contribution in [-0.4, -0.2) is 23.4 Å². The van der Waals surface area contributed by atoms with Crippen LogP contribution in [0.3, 0.4) is 0 Å². The van der Waals surface area contributed by atoms with Gasteiger partial charge in [0.2, 0.25) is 0 Å². The first-order chi connectivity index (χ1) is 11.7. The van der Waals surface area contributed by atoms with E-state index in [1.54, 1.807) is 19.3 Å². The Bertz CT molecular complexity index is 691. The number of fused-ring (bicyclic) bond motifs is 3. The van der Waals surface area contributed by atoms with E-state index in [9.17, 15) is 10.2 Å². The fraction of sp³-hybridized carbons (Fsp3) is 0.500. The van der Waals surface area contributed by atoms with Crippen molar-refractivity contribution in [1.82, 2.24) is 0 Å². The molecule has 3 aliphatic rings. The van der Waals surface area contributed by atoms with Crippen LogP contribution in [0.4, 0.5) is 0 Å². The zero-order valence-electron chi connectivity index (χ0n) is 13.9. The lowest BCUT2D eigenvalue weighted by Gasteiger charge is -2.40. The third-order valence-corrected chi connectivity index (χ3v) is 5.66. The molecule has 0 bridgehead atoms. The number of rotatable bonds is 3. The second-order valence-corrected chi connectivity index (χ2v) is 7.13. The second-order valence-electron chi connectivity index (χ2n) is 7.13. The molecule has 0 aromatic heterocycles. The third-order valence-electron chi connectivity index (χ3n) is 5.66. The predicted molar refractivity (Wildman–Crippen MR) is 91.3 cm³/mol. The van der Waals surface area contributed by atoms with E-state index in [1.165, 1.54) is 6.42 Å². The van der Waals surface area contributed by atoms with Crippen molar-refractivity contribution in [2.24, 2.45) is 11.8 Å². The molecule has 4 nitrogen and oxygen atoms in total. The summed E-state index contributed by atoms with van der Waals surface area (Å²) in [5, 5.41) is 19.7. The molecule has 1 aliphatic heterocycles. The minimum Gasteiger partial charge on any atom is -0.508 e. The molecule has 1 fully saturated rings. The molecule has 0 radical (unpaired) electrons. The summed E-state index contributed by atoms with van der Waals surface area (Å²) in [4.78, 5) is 0. The van der Waals surface area contributed by atoms with Crippen LogP contribution in [0.25, 0.3) is 0 Å². The van der Waals surface area contributed by atoms with E-state index in [4.69, 9.17) is 9.47 Å². The van der Waals surface area contributed by atoms with Gasteiger partial charge in [0.15, 0.2) is 0 Å². The number of hydrogen-bond acceptors (Lipinski definition) is 4. The standard InChI is InChI=1S/C20H24O4/c1-23-11-13-9-15(22)10-18-16-3-2-4-17(16)19(24-20(13)18)12-5-7-14(21)8-6-12/h5,7-10,12,16-17,19,21-22H,2-4,6,11H2,1H3/t12?,16-,17+,19+/m1/s1. The molecule has 2 N–H and O–H groups in total. The SMILES string of the molecule is COCc1cc(O)cc2c1O[C@@H](C1C=CC(O)=CC1)[C@H]1CCC[C@@H]21. The van der Waals surface area contributed by atoms with Gasteiger partial charge in [-0.15, -0.1) is 0 Å². The first-order valence-electron chi connectivity index (χ1n) is 8.76. The van der Waals surface area contributed by atoms with E-state index in [-0.39, 0.29) is 12.0 Å². The maximum atomic E-state index is 10.1. The monoisotopic (exact) mass is 328 g/mol. The minimum atomic E-state index is 0.116. The number of methoxy groups -OCH3 is 1. The molecular weight excluding hydrogens is 304 g/mol. The summed E-state index contributed by atoms with van der Waals surface area (Å²) >= 11 is 0. The summed E-state index contributed by atoms with van der Waals surface area (Å²) in [7, 11) is 1.66. The van der Waals surface area contributed by atoms with Gasteiger partial charge in [0.25, 0.3) is 0 Å². The smallest absolute Gasteiger partial charge is 0.129 e. The maximum Gasteiger partial charge on any atom is 0.129 e. The molecule has 2 aliphatic carbocycles. The molecule has 1 aromatic rings. The van der Waals surface area contributed by atoms with Crippen molar-refractivity contribution in [2.75, 3.05) is 7.11 Å². The average molecular weight is 328 g/mol. The van der Waals surface area contributed by atoms with Gasteiger partial charge in [0, 0.05) is 30.1 Å². The number of aliphatic hydroxyl groups is 1. The van der Waals surface area contributed by atoms with Crippen LogP contribution in [0.15, 0.2) is 36.1 Å². The summed E-state index contributed by atoms with van der Waals surface area (Å²) in [6.07, 6.45) is 10.2. The fourth-order valence-electron chi connectivity index (χ4n) is 4.64. The van der Waals surface area contributed by atoms with Gasteiger partial charge in [-0.3, -0.25) is 0 Å². The highest BCUT2D eigenvalue weighted by Crippen LogP contribution is 2.53. The zero-order chi connectivity index (χ0) is 16.7. The lowest BCUT2D eigenvalue weighted by molar-refractivity contribution is 0.0634. The highest BCUT2D eigenvalue weighted by Gasteiger charge is 2.44. The van der Waals surface area contributed by atoms with Crippen molar-refractivity contribution in [3.63, 3.8) is 0 Å². The van der Waals surface area contributed by atoms with E-state index in [1.807, 2.05) is 12.1 Å². The number of aliphatic hydroxyl groups excluding tert-OH is 1. The van der Waals surface area contributed by atoms with Crippen molar-refractivity contribution >= 4 is 0 Å². The van der Waals surface area contributed by atoms with E-state index in [0.29, 0.717) is 30.0 Å². The Morgan fingerprint density at radius 3 is 2.88 bits per heavy atom. The molecule has 1 aromatic carbocycles. The van der Waals surface area contributed by atoms with Crippen molar-refractivity contribution < 1.29 is 19.7 Å². The molecule has 4 atom stereocenters. The first-order valence-corrected chi connectivity index (χ1v) is 8.76. The van der Waals surface area contributed by atoms with Crippen LogP contribution < -0.4 is 4.74 Å². The minimum absolute atomic E-state index is 0.116. The average Bonchev–Trinajstić information content (AvgIpc) is 3.05. The molecular formula is C20H24O4. The lowest BCUT2D eigenvalue weighted by atomic mass is 9.76. The van der Waals surface area contributed by atoms with Crippen LogP contribution >= 0.6 is 0 Å². The summed E-state index contributed by atoms with van der Waals surface area (Å²) in [5.74, 6) is 2.72. The summed E-state index contributed by atoms with van der Waals surface area (Å²) in [5.41, 5.74) is 2.06. The normalized spacial score (nSPS) is 31.1. The fourth-order valence-corrected chi connectivity index (χ4v) is 4.64. The highest BCUT2D eigenvalue weighted by atomic mass is 16.5. The quantitative estimate of drug-likeness (QED) is 0.873. The van der Waals surface area contributed by atoms with Gasteiger partial charge in [-0.2, -0.15) is 0 Å². The molecule has 4 heteroatoms. The van der Waals surface area contributed by atoms with E-state index < -0.39 is 0 Å². The Hall–Kier alpha value is -1.94. The highest BCUT2D eigenvalue weighted by molar-refractivity contribution is 5.50. The molecule has 0 spiro atoms. The van der Waals surface area contributed by atoms with Crippen LogP contribution in [0, 0.1) is 11.8 Å². The van der Waals surface area contributed by atoms with Crippen LogP contribution in [0.2, 0.25) is 0 Å². The summed E-state index contributed by atoms with van der Waals surface area (Å²) < 4.78 is 11.8. The number of aromatic hydroxyl groups is 1. The molecule has 1 heterocycles. The van der Waals surface area contributed by atoms with Gasteiger partial charge in [-0.05, 0) is 49.5 Å². The number of allylic oxidation sites excluding steroid dienone is 2. The molecule has 1 saturated carbocycles. The topological polar surface area (TPSA) is 58.9 Å². The maximum absolute atomic E-state index is 10.1. The Morgan fingerprint density at radius 2 is 2.12 bits per heavy atom. The van der Waals surface area contributed by atoms with Gasteiger partial charge in [-0.1, -0.05) is 12.5 Å². The van der Waals surface area contributed by atoms with Crippen LogP contribution in [0.5, 0.6) is 11.5 Å². The molecule has 4 rings (SSSR count). The number of benzene rings is 1. The Morgan fingerprint density at radius 1 is 1.25 bits per heavy atom. The van der Waals surface area contributed by atoms with Gasteiger partial charge < -0.3 is 19.7 Å². The van der Waals surface area contributed by atoms with Crippen molar-refractivity contribution in [3.05, 3.63) is 47.2 Å². The summed E-state index contributed by atoms with van der Waals surface area (Å²) in [6.45, 7) is 0.433. The Balaban J connectivity index is 1.72. The number of phenolic OH excluding ortho intramolecular Hbond substituents is 1. The third kappa shape index (κ3) is 2.59. The second kappa shape index (κ2) is 6.17. The van der Waals surface area contributed by atoms with Crippen molar-refractivity contribution in [1.29, 1.82) is 0 Å². The van der Waals surface area contributed by atoms with Gasteiger partial charge in [-0.25, -0.2) is 0 Å². The molecule has 0 amide bonds. The van der Waals surface area contributed by atoms with Gasteiger partial charge in [0.05, 0.1) is 6.61 Å². The Labute approximate surface area is 142 Å². The van der Waals surface area contributed by atoms with Gasteiger partial charge in [0.1, 0.15) is 23.4 Å². The molecule has 0 saturated heterocycles. The summed E-state index contributed by atoms with van der Waals surface area (Å²) in [6, 6.07) is 3.62. The van der Waals surface area contributed by atoms with E-state index in [0.717, 1.165) is 36.1 Å². The number of ether oxygens (including phenoxy) is 2. The van der Waals surface area contributed by atoms with E-state index in [2.05, 4.69) is 6.08 Å². The Kier molecular flexibility index (Phi) is 4.01. The number of hydrogen-bond donors (Lipinski definition) is 2. The first kappa shape index (κ1) is 15.6. The zero-order valence-corrected chi connectivity index (χ0v) is 13.9. The predicted octanol–water partition coefficient (Wildman–Crippen LogP) is 4.20. The van der Waals surface area contributed by atoms with Gasteiger partial charge >= 0.3 is 0 Å².